The van der Waals surface area contributed by atoms with E-state index in [4.69, 9.17) is 4.74 Å². The Kier molecular flexibility index (Phi) is 5.43. The number of carbonyl (C=O) groups excluding carboxylic acids is 1. The van der Waals surface area contributed by atoms with E-state index in [1.165, 1.54) is 12.3 Å². The molecule has 0 bridgehead atoms. The molecule has 5 nitrogen and oxygen atoms in total. The summed E-state index contributed by atoms with van der Waals surface area (Å²) in [4.78, 5) is 16.5. The van der Waals surface area contributed by atoms with E-state index in [1.807, 2.05) is 0 Å². The predicted octanol–water partition coefficient (Wildman–Crippen LogP) is 4.09. The van der Waals surface area contributed by atoms with Crippen LogP contribution in [0.2, 0.25) is 0 Å². The number of aromatic nitrogens is 1. The Labute approximate surface area is 150 Å². The molecular weight excluding hydrogens is 333 g/mol. The average Bonchev–Trinajstić information content (AvgIpc) is 2.68. The van der Waals surface area contributed by atoms with E-state index >= 15 is 0 Å². The minimum absolute atomic E-state index is 0.269. The van der Waals surface area contributed by atoms with Crippen molar-refractivity contribution >= 4 is 17.4 Å². The smallest absolute Gasteiger partial charge is 0.257 e. The number of hydrogen-bond donors (Lipinski definition) is 2. The molecule has 2 aromatic carbocycles. The Hall–Kier alpha value is -3.41. The Morgan fingerprint density at radius 1 is 1.12 bits per heavy atom. The van der Waals surface area contributed by atoms with Crippen LogP contribution < -0.4 is 15.4 Å². The first-order valence-corrected chi connectivity index (χ1v) is 8.04. The number of pyridine rings is 1. The summed E-state index contributed by atoms with van der Waals surface area (Å²) in [7, 11) is 1.57. The third-order valence-electron chi connectivity index (χ3n) is 3.77. The van der Waals surface area contributed by atoms with Gasteiger partial charge in [-0.15, -0.1) is 0 Å². The van der Waals surface area contributed by atoms with E-state index < -0.39 is 0 Å². The van der Waals surface area contributed by atoms with Gasteiger partial charge >= 0.3 is 0 Å². The number of ether oxygens (including phenoxy) is 1. The monoisotopic (exact) mass is 351 g/mol. The highest BCUT2D eigenvalue weighted by Crippen LogP contribution is 2.18. The van der Waals surface area contributed by atoms with Gasteiger partial charge in [0.25, 0.3) is 5.91 Å². The van der Waals surface area contributed by atoms with Gasteiger partial charge in [-0.05, 0) is 30.3 Å². The number of methoxy groups -OCH3 is 1. The Balaban J connectivity index is 1.61. The molecule has 1 heterocycles. The number of halogens is 1. The molecule has 1 amide bonds. The van der Waals surface area contributed by atoms with Crippen molar-refractivity contribution in [3.05, 3.63) is 83.8 Å². The molecule has 132 valence electrons. The second-order valence-electron chi connectivity index (χ2n) is 5.56. The molecule has 0 unspecified atom stereocenters. The number of amides is 1. The number of nitrogens with one attached hydrogen (secondary N) is 2. The van der Waals surface area contributed by atoms with E-state index in [1.54, 1.807) is 61.7 Å². The van der Waals surface area contributed by atoms with Gasteiger partial charge in [-0.25, -0.2) is 9.37 Å². The van der Waals surface area contributed by atoms with E-state index in [0.717, 1.165) is 0 Å². The van der Waals surface area contributed by atoms with Crippen molar-refractivity contribution in [1.29, 1.82) is 0 Å². The van der Waals surface area contributed by atoms with Crippen molar-refractivity contribution in [2.24, 2.45) is 0 Å². The van der Waals surface area contributed by atoms with Crippen molar-refractivity contribution < 1.29 is 13.9 Å². The van der Waals surface area contributed by atoms with E-state index in [2.05, 4.69) is 15.6 Å². The summed E-state index contributed by atoms with van der Waals surface area (Å²) in [5.41, 5.74) is 1.61. The van der Waals surface area contributed by atoms with Crippen LogP contribution in [-0.2, 0) is 6.54 Å². The third kappa shape index (κ3) is 4.36. The summed E-state index contributed by atoms with van der Waals surface area (Å²) in [5, 5.41) is 5.82. The second-order valence-corrected chi connectivity index (χ2v) is 5.56. The van der Waals surface area contributed by atoms with Gasteiger partial charge in [0.05, 0.1) is 12.7 Å². The Morgan fingerprint density at radius 3 is 2.69 bits per heavy atom. The van der Waals surface area contributed by atoms with Crippen LogP contribution in [0.25, 0.3) is 0 Å². The minimum atomic E-state index is -0.272. The van der Waals surface area contributed by atoms with Crippen molar-refractivity contribution in [3.8, 4) is 5.75 Å². The molecule has 0 aliphatic heterocycles. The highest BCUT2D eigenvalue weighted by Gasteiger charge is 2.08. The molecule has 26 heavy (non-hydrogen) atoms. The van der Waals surface area contributed by atoms with Gasteiger partial charge in [-0.3, -0.25) is 4.79 Å². The summed E-state index contributed by atoms with van der Waals surface area (Å²) in [6.07, 6.45) is 1.47. The number of benzene rings is 2. The van der Waals surface area contributed by atoms with Crippen LogP contribution in [0, 0.1) is 5.82 Å². The van der Waals surface area contributed by atoms with Crippen LogP contribution in [0.4, 0.5) is 15.9 Å². The van der Waals surface area contributed by atoms with Gasteiger partial charge in [-0.1, -0.05) is 24.3 Å². The van der Waals surface area contributed by atoms with Crippen LogP contribution in [-0.4, -0.2) is 18.0 Å². The number of hydrogen-bond acceptors (Lipinski definition) is 4. The van der Waals surface area contributed by atoms with Crippen LogP contribution in [0.15, 0.2) is 66.9 Å². The summed E-state index contributed by atoms with van der Waals surface area (Å²) in [5.74, 6) is 0.681. The molecule has 0 radical (unpaired) electrons. The summed E-state index contributed by atoms with van der Waals surface area (Å²) in [6.45, 7) is 0.315. The largest absolute Gasteiger partial charge is 0.497 e. The van der Waals surface area contributed by atoms with Crippen molar-refractivity contribution in [1.82, 2.24) is 4.98 Å². The predicted molar refractivity (Wildman–Crippen MR) is 98.9 cm³/mol. The van der Waals surface area contributed by atoms with Crippen LogP contribution >= 0.6 is 0 Å². The van der Waals surface area contributed by atoms with Gasteiger partial charge in [0, 0.05) is 30.1 Å². The molecule has 0 fully saturated rings. The van der Waals surface area contributed by atoms with Crippen molar-refractivity contribution in [2.75, 3.05) is 17.7 Å². The topological polar surface area (TPSA) is 63.2 Å². The van der Waals surface area contributed by atoms with Crippen LogP contribution in [0.1, 0.15) is 15.9 Å². The summed E-state index contributed by atoms with van der Waals surface area (Å²) in [6, 6.07) is 17.0. The summed E-state index contributed by atoms with van der Waals surface area (Å²) < 4.78 is 18.7. The van der Waals surface area contributed by atoms with Crippen LogP contribution in [0.5, 0.6) is 5.75 Å². The third-order valence-corrected chi connectivity index (χ3v) is 3.77. The molecule has 2 N–H and O–H groups in total. The first-order chi connectivity index (χ1) is 12.7. The van der Waals surface area contributed by atoms with Crippen molar-refractivity contribution in [3.63, 3.8) is 0 Å². The zero-order chi connectivity index (χ0) is 18.4. The molecule has 3 rings (SSSR count). The average molecular weight is 351 g/mol. The minimum Gasteiger partial charge on any atom is -0.497 e. The molecule has 6 heteroatoms. The van der Waals surface area contributed by atoms with E-state index in [0.29, 0.717) is 34.9 Å². The Morgan fingerprint density at radius 2 is 1.96 bits per heavy atom. The first kappa shape index (κ1) is 17.4. The second kappa shape index (κ2) is 8.11. The van der Waals surface area contributed by atoms with Gasteiger partial charge in [0.2, 0.25) is 0 Å². The quantitative estimate of drug-likeness (QED) is 0.702. The highest BCUT2D eigenvalue weighted by molar-refractivity contribution is 6.04. The molecule has 0 spiro atoms. The Bertz CT molecular complexity index is 898. The van der Waals surface area contributed by atoms with Gasteiger partial charge in [0.15, 0.2) is 0 Å². The lowest BCUT2D eigenvalue weighted by atomic mass is 10.2. The van der Waals surface area contributed by atoms with E-state index in [-0.39, 0.29) is 11.7 Å². The van der Waals surface area contributed by atoms with Gasteiger partial charge in [-0.2, -0.15) is 0 Å². The lowest BCUT2D eigenvalue weighted by Gasteiger charge is -2.09. The fourth-order valence-corrected chi connectivity index (χ4v) is 2.36. The first-order valence-electron chi connectivity index (χ1n) is 8.04. The van der Waals surface area contributed by atoms with E-state index in [9.17, 15) is 9.18 Å². The SMILES string of the molecule is COc1cccc(NC(=O)c2ccc(NCc3ccccc3F)nc2)c1. The fraction of sp³-hybridized carbons (Fsp3) is 0.100. The molecule has 0 atom stereocenters. The molecular formula is C20H18FN3O2. The zero-order valence-corrected chi connectivity index (χ0v) is 14.2. The maximum absolute atomic E-state index is 13.6. The van der Waals surface area contributed by atoms with Crippen molar-refractivity contribution in [2.45, 2.75) is 6.54 Å². The maximum Gasteiger partial charge on any atom is 0.257 e. The zero-order valence-electron chi connectivity index (χ0n) is 14.2. The number of rotatable bonds is 6. The highest BCUT2D eigenvalue weighted by atomic mass is 19.1. The van der Waals surface area contributed by atoms with Gasteiger partial charge in [0.1, 0.15) is 17.4 Å². The number of nitrogens with zero attached hydrogens (tertiary/aromatic N) is 1. The van der Waals surface area contributed by atoms with Crippen LogP contribution in [0.3, 0.4) is 0 Å². The number of anilines is 2. The molecule has 3 aromatic rings. The van der Waals surface area contributed by atoms with Gasteiger partial charge < -0.3 is 15.4 Å². The molecule has 0 saturated carbocycles. The molecule has 0 aliphatic rings. The molecule has 1 aromatic heterocycles. The normalized spacial score (nSPS) is 10.2. The standard InChI is InChI=1S/C20H18FN3O2/c1-26-17-7-4-6-16(11-17)24-20(25)15-9-10-19(23-13-15)22-12-14-5-2-3-8-18(14)21/h2-11,13H,12H2,1H3,(H,22,23)(H,24,25). The molecule has 0 aliphatic carbocycles. The molecule has 0 saturated heterocycles. The number of carbonyl (C=O) groups is 1. The lowest BCUT2D eigenvalue weighted by molar-refractivity contribution is 0.102. The maximum atomic E-state index is 13.6. The summed E-state index contributed by atoms with van der Waals surface area (Å²) >= 11 is 0. The fourth-order valence-electron chi connectivity index (χ4n) is 2.36. The lowest BCUT2D eigenvalue weighted by Crippen LogP contribution is -2.12.